The summed E-state index contributed by atoms with van der Waals surface area (Å²) in [6, 6.07) is 3.10. The van der Waals surface area contributed by atoms with Gasteiger partial charge in [0.1, 0.15) is 10.7 Å². The Kier molecular flexibility index (Phi) is 4.45. The second kappa shape index (κ2) is 5.75. The van der Waals surface area contributed by atoms with Crippen LogP contribution in [0.5, 0.6) is 0 Å². The Labute approximate surface area is 117 Å². The molecule has 0 saturated carbocycles. The lowest BCUT2D eigenvalue weighted by Gasteiger charge is -2.30. The maximum atomic E-state index is 13.2. The molecule has 0 spiro atoms. The number of hydrogen-bond acceptors (Lipinski definition) is 3. The summed E-state index contributed by atoms with van der Waals surface area (Å²) in [6.07, 6.45) is 0.893. The van der Waals surface area contributed by atoms with E-state index in [9.17, 15) is 12.8 Å². The number of hydrogen-bond donors (Lipinski definition) is 2. The van der Waals surface area contributed by atoms with Crippen molar-refractivity contribution in [1.82, 2.24) is 10.0 Å². The zero-order valence-electron chi connectivity index (χ0n) is 10.5. The summed E-state index contributed by atoms with van der Waals surface area (Å²) >= 11 is 5.83. The van der Waals surface area contributed by atoms with Crippen molar-refractivity contribution < 1.29 is 12.8 Å². The normalized spacial score (nSPS) is 24.4. The maximum absolute atomic E-state index is 13.2. The Morgan fingerprint density at radius 3 is 2.89 bits per heavy atom. The van der Waals surface area contributed by atoms with Crippen LogP contribution in [0.25, 0.3) is 0 Å². The molecule has 0 amide bonds. The van der Waals surface area contributed by atoms with Gasteiger partial charge >= 0.3 is 0 Å². The van der Waals surface area contributed by atoms with E-state index in [1.807, 2.05) is 6.92 Å². The lowest BCUT2D eigenvalue weighted by atomic mass is 9.96. The average molecular weight is 307 g/mol. The standard InChI is InChI=1S/C12H16ClFN2O2S/c1-8-4-5-15-7-11(8)16-19(17,18)12-6-9(14)2-3-10(12)13/h2-3,6,8,11,15-16H,4-5,7H2,1H3. The molecule has 2 rings (SSSR count). The van der Waals surface area contributed by atoms with Crippen LogP contribution in [0.2, 0.25) is 5.02 Å². The molecule has 19 heavy (non-hydrogen) atoms. The summed E-state index contributed by atoms with van der Waals surface area (Å²) in [5.41, 5.74) is 0. The molecule has 2 unspecified atom stereocenters. The van der Waals surface area contributed by atoms with Crippen LogP contribution in [0, 0.1) is 11.7 Å². The quantitative estimate of drug-likeness (QED) is 0.894. The zero-order valence-corrected chi connectivity index (χ0v) is 12.1. The van der Waals surface area contributed by atoms with Gasteiger partial charge in [0.25, 0.3) is 0 Å². The van der Waals surface area contributed by atoms with E-state index in [4.69, 9.17) is 11.6 Å². The molecule has 0 aromatic heterocycles. The van der Waals surface area contributed by atoms with Crippen molar-refractivity contribution >= 4 is 21.6 Å². The highest BCUT2D eigenvalue weighted by molar-refractivity contribution is 7.89. The molecule has 0 aliphatic carbocycles. The average Bonchev–Trinajstić information content (AvgIpc) is 2.35. The predicted octanol–water partition coefficient (Wildman–Crippen LogP) is 1.76. The fraction of sp³-hybridized carbons (Fsp3) is 0.500. The smallest absolute Gasteiger partial charge is 0.242 e. The van der Waals surface area contributed by atoms with Gasteiger partial charge in [-0.1, -0.05) is 18.5 Å². The van der Waals surface area contributed by atoms with Crippen molar-refractivity contribution in [2.75, 3.05) is 13.1 Å². The van der Waals surface area contributed by atoms with Crippen LogP contribution >= 0.6 is 11.6 Å². The molecule has 1 saturated heterocycles. The summed E-state index contributed by atoms with van der Waals surface area (Å²) in [4.78, 5) is -0.216. The number of halogens is 2. The van der Waals surface area contributed by atoms with Gasteiger partial charge in [0, 0.05) is 12.6 Å². The van der Waals surface area contributed by atoms with Gasteiger partial charge in [-0.25, -0.2) is 17.5 Å². The van der Waals surface area contributed by atoms with Gasteiger partial charge in [0.05, 0.1) is 5.02 Å². The molecule has 0 radical (unpaired) electrons. The van der Waals surface area contributed by atoms with Gasteiger partial charge in [0.15, 0.2) is 0 Å². The summed E-state index contributed by atoms with van der Waals surface area (Å²) in [5, 5.41) is 3.15. The zero-order chi connectivity index (χ0) is 14.0. The van der Waals surface area contributed by atoms with Crippen LogP contribution in [-0.2, 0) is 10.0 Å². The number of nitrogens with one attached hydrogen (secondary N) is 2. The Morgan fingerprint density at radius 2 is 2.21 bits per heavy atom. The van der Waals surface area contributed by atoms with Crippen LogP contribution in [0.15, 0.2) is 23.1 Å². The minimum atomic E-state index is -3.81. The number of piperidine rings is 1. The third-order valence-corrected chi connectivity index (χ3v) is 5.29. The highest BCUT2D eigenvalue weighted by atomic mass is 35.5. The molecule has 1 aromatic carbocycles. The summed E-state index contributed by atoms with van der Waals surface area (Å²) < 4.78 is 40.2. The topological polar surface area (TPSA) is 58.2 Å². The highest BCUT2D eigenvalue weighted by Crippen LogP contribution is 2.23. The van der Waals surface area contributed by atoms with Crippen LogP contribution < -0.4 is 10.0 Å². The molecule has 1 aromatic rings. The van der Waals surface area contributed by atoms with Gasteiger partial charge in [0.2, 0.25) is 10.0 Å². The summed E-state index contributed by atoms with van der Waals surface area (Å²) in [5.74, 6) is -0.400. The van der Waals surface area contributed by atoms with Crippen molar-refractivity contribution in [3.63, 3.8) is 0 Å². The minimum Gasteiger partial charge on any atom is -0.315 e. The number of rotatable bonds is 3. The summed E-state index contributed by atoms with van der Waals surface area (Å²) in [7, 11) is -3.81. The molecular formula is C12H16ClFN2O2S. The lowest BCUT2D eigenvalue weighted by Crippen LogP contribution is -2.50. The number of benzene rings is 1. The van der Waals surface area contributed by atoms with Crippen LogP contribution in [0.1, 0.15) is 13.3 Å². The van der Waals surface area contributed by atoms with Gasteiger partial charge in [-0.3, -0.25) is 0 Å². The van der Waals surface area contributed by atoms with Crippen LogP contribution in [0.3, 0.4) is 0 Å². The second-order valence-electron chi connectivity index (χ2n) is 4.77. The van der Waals surface area contributed by atoms with E-state index in [1.54, 1.807) is 0 Å². The fourth-order valence-electron chi connectivity index (χ4n) is 2.09. The fourth-order valence-corrected chi connectivity index (χ4v) is 3.95. The van der Waals surface area contributed by atoms with Crippen molar-refractivity contribution in [3.05, 3.63) is 29.0 Å². The molecule has 106 valence electrons. The van der Waals surface area contributed by atoms with Gasteiger partial charge < -0.3 is 5.32 Å². The van der Waals surface area contributed by atoms with Gasteiger partial charge in [-0.15, -0.1) is 0 Å². The predicted molar refractivity (Wildman–Crippen MR) is 72.2 cm³/mol. The number of sulfonamides is 1. The molecule has 4 nitrogen and oxygen atoms in total. The second-order valence-corrected chi connectivity index (χ2v) is 6.86. The third-order valence-electron chi connectivity index (χ3n) is 3.32. The van der Waals surface area contributed by atoms with Crippen molar-refractivity contribution in [1.29, 1.82) is 0 Å². The Balaban J connectivity index is 2.24. The first kappa shape index (κ1) is 14.7. The van der Waals surface area contributed by atoms with E-state index >= 15 is 0 Å². The molecule has 1 heterocycles. The van der Waals surface area contributed by atoms with E-state index < -0.39 is 15.8 Å². The van der Waals surface area contributed by atoms with E-state index in [-0.39, 0.29) is 21.9 Å². The third kappa shape index (κ3) is 3.45. The van der Waals surface area contributed by atoms with Gasteiger partial charge in [-0.05, 0) is 37.1 Å². The van der Waals surface area contributed by atoms with Crippen LogP contribution in [-0.4, -0.2) is 27.5 Å². The Morgan fingerprint density at radius 1 is 1.47 bits per heavy atom. The molecule has 0 bridgehead atoms. The highest BCUT2D eigenvalue weighted by Gasteiger charge is 2.28. The monoisotopic (exact) mass is 306 g/mol. The summed E-state index contributed by atoms with van der Waals surface area (Å²) in [6.45, 7) is 3.43. The first-order chi connectivity index (χ1) is 8.90. The molecule has 2 N–H and O–H groups in total. The molecule has 2 atom stereocenters. The first-order valence-electron chi connectivity index (χ1n) is 6.08. The molecule has 1 fully saturated rings. The van der Waals surface area contributed by atoms with Gasteiger partial charge in [-0.2, -0.15) is 0 Å². The van der Waals surface area contributed by atoms with Crippen molar-refractivity contribution in [2.24, 2.45) is 5.92 Å². The van der Waals surface area contributed by atoms with E-state index in [1.165, 1.54) is 6.07 Å². The molecule has 1 aliphatic rings. The Hall–Kier alpha value is -0.690. The first-order valence-corrected chi connectivity index (χ1v) is 7.94. The van der Waals surface area contributed by atoms with E-state index in [0.29, 0.717) is 6.54 Å². The van der Waals surface area contributed by atoms with E-state index in [2.05, 4.69) is 10.0 Å². The lowest BCUT2D eigenvalue weighted by molar-refractivity contribution is 0.327. The van der Waals surface area contributed by atoms with Crippen molar-refractivity contribution in [3.8, 4) is 0 Å². The van der Waals surface area contributed by atoms with E-state index in [0.717, 1.165) is 25.1 Å². The Bertz CT molecular complexity index is 565. The molecule has 7 heteroatoms. The van der Waals surface area contributed by atoms with Crippen LogP contribution in [0.4, 0.5) is 4.39 Å². The SMILES string of the molecule is CC1CCNCC1NS(=O)(=O)c1cc(F)ccc1Cl. The minimum absolute atomic E-state index is 0.0188. The maximum Gasteiger partial charge on any atom is 0.242 e. The van der Waals surface area contributed by atoms with Crippen molar-refractivity contribution in [2.45, 2.75) is 24.3 Å². The largest absolute Gasteiger partial charge is 0.315 e. The molecular weight excluding hydrogens is 291 g/mol. The molecule has 1 aliphatic heterocycles.